The Morgan fingerprint density at radius 2 is 2.06 bits per heavy atom. The van der Waals surface area contributed by atoms with E-state index in [-0.39, 0.29) is 5.82 Å². The van der Waals surface area contributed by atoms with Crippen molar-refractivity contribution < 1.29 is 4.39 Å². The van der Waals surface area contributed by atoms with Gasteiger partial charge in [-0.05, 0) is 58.1 Å². The Balaban J connectivity index is 2.16. The van der Waals surface area contributed by atoms with Gasteiger partial charge < -0.3 is 0 Å². The third kappa shape index (κ3) is 3.63. The smallest absolute Gasteiger partial charge is 0.123 e. The van der Waals surface area contributed by atoms with Crippen molar-refractivity contribution in [1.29, 1.82) is 0 Å². The second kappa shape index (κ2) is 6.12. The van der Waals surface area contributed by atoms with Crippen LogP contribution in [-0.2, 0) is 6.42 Å². The lowest BCUT2D eigenvalue weighted by atomic mass is 9.97. The highest BCUT2D eigenvalue weighted by Crippen LogP contribution is 2.29. The molecule has 0 saturated carbocycles. The third-order valence-electron chi connectivity index (χ3n) is 2.58. The fourth-order valence-electron chi connectivity index (χ4n) is 1.73. The summed E-state index contributed by atoms with van der Waals surface area (Å²) in [6.45, 7) is 0. The van der Waals surface area contributed by atoms with E-state index >= 15 is 0 Å². The summed E-state index contributed by atoms with van der Waals surface area (Å²) < 4.78 is 14.3. The van der Waals surface area contributed by atoms with Gasteiger partial charge in [0.25, 0.3) is 0 Å². The molecule has 4 heteroatoms. The first-order chi connectivity index (χ1) is 8.19. The van der Waals surface area contributed by atoms with Crippen molar-refractivity contribution in [1.82, 2.24) is 0 Å². The Morgan fingerprint density at radius 1 is 1.24 bits per heavy atom. The first kappa shape index (κ1) is 13.2. The van der Waals surface area contributed by atoms with Crippen LogP contribution in [-0.4, -0.2) is 5.33 Å². The SMILES string of the molecule is Fc1cccc(C(CBr)Cc2ccc(Br)s2)c1. The largest absolute Gasteiger partial charge is 0.207 e. The lowest BCUT2D eigenvalue weighted by Gasteiger charge is -2.13. The minimum absolute atomic E-state index is 0.166. The average Bonchev–Trinajstić information content (AvgIpc) is 2.72. The van der Waals surface area contributed by atoms with Gasteiger partial charge in [0.05, 0.1) is 3.79 Å². The Hall–Kier alpha value is -0.190. The number of thiophene rings is 1. The summed E-state index contributed by atoms with van der Waals surface area (Å²) in [6, 6.07) is 11.0. The standard InChI is InChI=1S/C13H11Br2FS/c14-8-10(7-12-4-5-13(15)17-12)9-2-1-3-11(16)6-9/h1-6,10H,7-8H2. The number of halogens is 3. The van der Waals surface area contributed by atoms with Crippen LogP contribution in [0.25, 0.3) is 0 Å². The van der Waals surface area contributed by atoms with Gasteiger partial charge in [-0.15, -0.1) is 11.3 Å². The van der Waals surface area contributed by atoms with Gasteiger partial charge in [0.15, 0.2) is 0 Å². The molecule has 0 amide bonds. The maximum atomic E-state index is 13.2. The zero-order valence-corrected chi connectivity index (χ0v) is 13.0. The minimum Gasteiger partial charge on any atom is -0.207 e. The van der Waals surface area contributed by atoms with Crippen LogP contribution in [0, 0.1) is 5.82 Å². The van der Waals surface area contributed by atoms with Crippen molar-refractivity contribution in [3.63, 3.8) is 0 Å². The number of hydrogen-bond acceptors (Lipinski definition) is 1. The molecule has 0 aliphatic carbocycles. The summed E-state index contributed by atoms with van der Waals surface area (Å²) in [5.74, 6) is 0.150. The van der Waals surface area contributed by atoms with Crippen LogP contribution >= 0.6 is 43.2 Å². The first-order valence-corrected chi connectivity index (χ1v) is 7.98. The van der Waals surface area contributed by atoms with Gasteiger partial charge in [0, 0.05) is 10.2 Å². The molecule has 1 heterocycles. The lowest BCUT2D eigenvalue weighted by molar-refractivity contribution is 0.622. The molecular formula is C13H11Br2FS. The van der Waals surface area contributed by atoms with E-state index < -0.39 is 0 Å². The summed E-state index contributed by atoms with van der Waals surface area (Å²) in [5.41, 5.74) is 1.05. The molecule has 1 aromatic carbocycles. The van der Waals surface area contributed by atoms with E-state index in [1.807, 2.05) is 6.07 Å². The molecule has 0 fully saturated rings. The number of benzene rings is 1. The van der Waals surface area contributed by atoms with E-state index in [9.17, 15) is 4.39 Å². The van der Waals surface area contributed by atoms with Crippen LogP contribution < -0.4 is 0 Å². The number of rotatable bonds is 4. The Kier molecular flexibility index (Phi) is 4.77. The first-order valence-electron chi connectivity index (χ1n) is 5.24. The van der Waals surface area contributed by atoms with Gasteiger partial charge in [-0.3, -0.25) is 0 Å². The molecule has 1 aromatic heterocycles. The van der Waals surface area contributed by atoms with Crippen LogP contribution in [0.2, 0.25) is 0 Å². The van der Waals surface area contributed by atoms with E-state index in [4.69, 9.17) is 0 Å². The van der Waals surface area contributed by atoms with Crippen LogP contribution in [0.5, 0.6) is 0 Å². The van der Waals surface area contributed by atoms with Gasteiger partial charge in [0.2, 0.25) is 0 Å². The molecular weight excluding hydrogens is 367 g/mol. The van der Waals surface area contributed by atoms with E-state index in [1.54, 1.807) is 23.5 Å². The summed E-state index contributed by atoms with van der Waals surface area (Å²) in [4.78, 5) is 1.31. The zero-order chi connectivity index (χ0) is 12.3. The van der Waals surface area contributed by atoms with Crippen LogP contribution in [0.1, 0.15) is 16.4 Å². The summed E-state index contributed by atoms with van der Waals surface area (Å²) in [6.07, 6.45) is 0.935. The molecule has 0 N–H and O–H groups in total. The molecule has 90 valence electrons. The Morgan fingerprint density at radius 3 is 2.65 bits per heavy atom. The van der Waals surface area contributed by atoms with Crippen LogP contribution in [0.3, 0.4) is 0 Å². The van der Waals surface area contributed by atoms with Gasteiger partial charge in [0.1, 0.15) is 5.82 Å². The molecule has 2 rings (SSSR count). The third-order valence-corrected chi connectivity index (χ3v) is 5.01. The molecule has 0 aliphatic rings. The van der Waals surface area contributed by atoms with Crippen LogP contribution in [0.4, 0.5) is 4.39 Å². The van der Waals surface area contributed by atoms with E-state index in [1.165, 1.54) is 10.9 Å². The van der Waals surface area contributed by atoms with Crippen molar-refractivity contribution in [3.05, 3.63) is 56.4 Å². The number of alkyl halides is 1. The van der Waals surface area contributed by atoms with Crippen LogP contribution in [0.15, 0.2) is 40.2 Å². The molecule has 1 unspecified atom stereocenters. The van der Waals surface area contributed by atoms with E-state index in [0.29, 0.717) is 5.92 Å². The molecule has 17 heavy (non-hydrogen) atoms. The normalized spacial score (nSPS) is 12.6. The molecule has 0 nitrogen and oxygen atoms in total. The van der Waals surface area contributed by atoms with Gasteiger partial charge in [-0.25, -0.2) is 4.39 Å². The molecule has 0 bridgehead atoms. The van der Waals surface area contributed by atoms with Gasteiger partial charge >= 0.3 is 0 Å². The molecule has 1 atom stereocenters. The lowest BCUT2D eigenvalue weighted by Crippen LogP contribution is -2.03. The quantitative estimate of drug-likeness (QED) is 0.628. The Labute approximate surface area is 121 Å². The second-order valence-corrected chi connectivity index (χ2v) is 7.01. The van der Waals surface area contributed by atoms with Crippen molar-refractivity contribution in [2.75, 3.05) is 5.33 Å². The van der Waals surface area contributed by atoms with Crippen molar-refractivity contribution >= 4 is 43.2 Å². The molecule has 0 saturated heterocycles. The van der Waals surface area contributed by atoms with Crippen molar-refractivity contribution in [3.8, 4) is 0 Å². The van der Waals surface area contributed by atoms with Crippen molar-refractivity contribution in [2.24, 2.45) is 0 Å². The fraction of sp³-hybridized carbons (Fsp3) is 0.231. The molecule has 0 aliphatic heterocycles. The highest BCUT2D eigenvalue weighted by molar-refractivity contribution is 9.11. The predicted molar refractivity (Wildman–Crippen MR) is 78.7 cm³/mol. The Bertz CT molecular complexity index is 496. The maximum absolute atomic E-state index is 13.2. The second-order valence-electron chi connectivity index (χ2n) is 3.82. The van der Waals surface area contributed by atoms with Gasteiger partial charge in [-0.1, -0.05) is 28.1 Å². The summed E-state index contributed by atoms with van der Waals surface area (Å²) in [5, 5.41) is 0.839. The molecule has 0 spiro atoms. The highest BCUT2D eigenvalue weighted by atomic mass is 79.9. The predicted octanol–water partition coefficient (Wildman–Crippen LogP) is 5.37. The van der Waals surface area contributed by atoms with Gasteiger partial charge in [-0.2, -0.15) is 0 Å². The van der Waals surface area contributed by atoms with E-state index in [2.05, 4.69) is 44.0 Å². The summed E-state index contributed by atoms with van der Waals surface area (Å²) in [7, 11) is 0. The molecule has 0 radical (unpaired) electrons. The fourth-order valence-corrected chi connectivity index (χ4v) is 3.89. The highest BCUT2D eigenvalue weighted by Gasteiger charge is 2.13. The monoisotopic (exact) mass is 376 g/mol. The maximum Gasteiger partial charge on any atom is 0.123 e. The zero-order valence-electron chi connectivity index (χ0n) is 9.00. The topological polar surface area (TPSA) is 0 Å². The minimum atomic E-state index is -0.166. The number of hydrogen-bond donors (Lipinski definition) is 0. The summed E-state index contributed by atoms with van der Waals surface area (Å²) >= 11 is 8.70. The average molecular weight is 378 g/mol. The van der Waals surface area contributed by atoms with E-state index in [0.717, 1.165) is 21.1 Å². The van der Waals surface area contributed by atoms with Crippen molar-refractivity contribution in [2.45, 2.75) is 12.3 Å². The molecule has 2 aromatic rings.